The fraction of sp³-hybridized carbons (Fsp3) is 0.148. The first-order valence-electron chi connectivity index (χ1n) is 10.8. The van der Waals surface area contributed by atoms with E-state index < -0.39 is 29.3 Å². The molecule has 0 aromatic heterocycles. The van der Waals surface area contributed by atoms with Gasteiger partial charge in [-0.05, 0) is 73.2 Å². The first-order valence-corrected chi connectivity index (χ1v) is 10.8. The number of Topliss-reactive ketones (excluding diaryl/α,β-unsaturated/α-hetero) is 1. The first kappa shape index (κ1) is 23.5. The van der Waals surface area contributed by atoms with Crippen molar-refractivity contribution < 1.29 is 28.6 Å². The quantitative estimate of drug-likeness (QED) is 0.316. The maximum atomic E-state index is 13.5. The molecule has 8 heteroatoms. The Bertz CT molecular complexity index is 1360. The lowest BCUT2D eigenvalue weighted by molar-refractivity contribution is -0.132. The van der Waals surface area contributed by atoms with Gasteiger partial charge >= 0.3 is 0 Å². The maximum Gasteiger partial charge on any atom is 0.300 e. The number of carbonyl (C=O) groups is 2. The first-order chi connectivity index (χ1) is 16.9. The highest BCUT2D eigenvalue weighted by atomic mass is 19.1. The largest absolute Gasteiger partial charge is 0.507 e. The lowest BCUT2D eigenvalue weighted by Gasteiger charge is -2.26. The molecule has 1 N–H and O–H groups in total. The van der Waals surface area contributed by atoms with E-state index in [1.165, 1.54) is 36.3 Å². The van der Waals surface area contributed by atoms with Crippen molar-refractivity contribution in [2.75, 3.05) is 18.6 Å². The van der Waals surface area contributed by atoms with Crippen LogP contribution in [0.4, 0.5) is 10.1 Å². The predicted octanol–water partition coefficient (Wildman–Crippen LogP) is 4.73. The van der Waals surface area contributed by atoms with Crippen molar-refractivity contribution in [1.29, 1.82) is 5.26 Å². The molecule has 35 heavy (non-hydrogen) atoms. The molecule has 1 saturated heterocycles. The standard InChI is InChI=1S/C27H21FN2O5/c1-3-35-22-14-18(8-13-21(22)34-2)24-23(25(31)17-6-9-19(28)10-7-17)26(32)27(33)30(24)20-11-4-16(15-29)5-12-20/h4-14,24,31H,3H2,1-2H3/b25-23-. The molecule has 1 heterocycles. The fourth-order valence-corrected chi connectivity index (χ4v) is 4.01. The van der Waals surface area contributed by atoms with Crippen LogP contribution in [0, 0.1) is 17.1 Å². The van der Waals surface area contributed by atoms with Crippen molar-refractivity contribution >= 4 is 23.1 Å². The number of hydrogen-bond acceptors (Lipinski definition) is 6. The van der Waals surface area contributed by atoms with Crippen molar-refractivity contribution in [3.8, 4) is 17.6 Å². The molecule has 1 aliphatic heterocycles. The Balaban J connectivity index is 1.95. The Hall–Kier alpha value is -4.64. The number of anilines is 1. The zero-order valence-corrected chi connectivity index (χ0v) is 19.0. The number of aliphatic hydroxyl groups excluding tert-OH is 1. The zero-order chi connectivity index (χ0) is 25.1. The van der Waals surface area contributed by atoms with Gasteiger partial charge in [0.05, 0.1) is 37.0 Å². The third-order valence-electron chi connectivity index (χ3n) is 5.64. The predicted molar refractivity (Wildman–Crippen MR) is 127 cm³/mol. The summed E-state index contributed by atoms with van der Waals surface area (Å²) in [5, 5.41) is 20.2. The summed E-state index contributed by atoms with van der Waals surface area (Å²) in [5.74, 6) is -1.82. The van der Waals surface area contributed by atoms with Gasteiger partial charge in [-0.15, -0.1) is 0 Å². The van der Waals surface area contributed by atoms with Crippen LogP contribution in [0.2, 0.25) is 0 Å². The molecule has 3 aromatic rings. The number of rotatable bonds is 6. The van der Waals surface area contributed by atoms with Crippen molar-refractivity contribution in [1.82, 2.24) is 0 Å². The minimum atomic E-state index is -1.02. The van der Waals surface area contributed by atoms with Crippen LogP contribution in [-0.4, -0.2) is 30.5 Å². The molecule has 1 atom stereocenters. The van der Waals surface area contributed by atoms with E-state index in [9.17, 15) is 19.1 Å². The summed E-state index contributed by atoms with van der Waals surface area (Å²) in [4.78, 5) is 27.7. The molecular formula is C27H21FN2O5. The molecule has 0 bridgehead atoms. The van der Waals surface area contributed by atoms with Crippen LogP contribution in [0.25, 0.3) is 5.76 Å². The van der Waals surface area contributed by atoms with Crippen LogP contribution in [0.15, 0.2) is 72.3 Å². The number of carbonyl (C=O) groups excluding carboxylic acids is 2. The smallest absolute Gasteiger partial charge is 0.300 e. The highest BCUT2D eigenvalue weighted by molar-refractivity contribution is 6.51. The molecule has 1 unspecified atom stereocenters. The van der Waals surface area contributed by atoms with E-state index in [1.54, 1.807) is 30.3 Å². The molecule has 0 spiro atoms. The van der Waals surface area contributed by atoms with Gasteiger partial charge in [0.2, 0.25) is 0 Å². The SMILES string of the molecule is CCOc1cc(C2/C(=C(/O)c3ccc(F)cc3)C(=O)C(=O)N2c2ccc(C#N)cc2)ccc1OC. The highest BCUT2D eigenvalue weighted by Gasteiger charge is 2.47. The van der Waals surface area contributed by atoms with Gasteiger partial charge in [-0.25, -0.2) is 4.39 Å². The third kappa shape index (κ3) is 4.32. The van der Waals surface area contributed by atoms with Gasteiger partial charge in [0.25, 0.3) is 11.7 Å². The average Bonchev–Trinajstić information content (AvgIpc) is 3.14. The molecule has 0 saturated carbocycles. The lowest BCUT2D eigenvalue weighted by atomic mass is 9.94. The van der Waals surface area contributed by atoms with E-state index >= 15 is 0 Å². The molecule has 1 amide bonds. The van der Waals surface area contributed by atoms with Crippen molar-refractivity contribution in [3.63, 3.8) is 0 Å². The zero-order valence-electron chi connectivity index (χ0n) is 19.0. The molecule has 4 rings (SSSR count). The number of ketones is 1. The van der Waals surface area contributed by atoms with E-state index in [0.29, 0.717) is 34.9 Å². The maximum absolute atomic E-state index is 13.5. The van der Waals surface area contributed by atoms with Crippen molar-refractivity contribution in [3.05, 3.63) is 94.8 Å². The molecule has 1 fully saturated rings. The van der Waals surface area contributed by atoms with E-state index in [-0.39, 0.29) is 11.1 Å². The average molecular weight is 472 g/mol. The Kier molecular flexibility index (Phi) is 6.51. The molecule has 1 aliphatic rings. The Morgan fingerprint density at radius 3 is 2.34 bits per heavy atom. The lowest BCUT2D eigenvalue weighted by Crippen LogP contribution is -2.29. The number of ether oxygens (including phenoxy) is 2. The van der Waals surface area contributed by atoms with E-state index in [4.69, 9.17) is 14.7 Å². The van der Waals surface area contributed by atoms with Gasteiger partial charge in [0.1, 0.15) is 11.6 Å². The highest BCUT2D eigenvalue weighted by Crippen LogP contribution is 2.44. The van der Waals surface area contributed by atoms with E-state index in [2.05, 4.69) is 0 Å². The minimum Gasteiger partial charge on any atom is -0.507 e. The van der Waals surface area contributed by atoms with Gasteiger partial charge < -0.3 is 14.6 Å². The number of benzene rings is 3. The van der Waals surface area contributed by atoms with Crippen LogP contribution < -0.4 is 14.4 Å². The number of methoxy groups -OCH3 is 1. The van der Waals surface area contributed by atoms with Crippen LogP contribution in [0.3, 0.4) is 0 Å². The summed E-state index contributed by atoms with van der Waals surface area (Å²) in [7, 11) is 1.49. The third-order valence-corrected chi connectivity index (χ3v) is 5.64. The number of hydrogen-bond donors (Lipinski definition) is 1. The summed E-state index contributed by atoms with van der Waals surface area (Å²) >= 11 is 0. The van der Waals surface area contributed by atoms with Crippen LogP contribution in [0.5, 0.6) is 11.5 Å². The number of halogens is 1. The second-order valence-corrected chi connectivity index (χ2v) is 7.68. The van der Waals surface area contributed by atoms with Crippen molar-refractivity contribution in [2.24, 2.45) is 0 Å². The number of nitriles is 1. The van der Waals surface area contributed by atoms with E-state index in [1.807, 2.05) is 13.0 Å². The van der Waals surface area contributed by atoms with Crippen LogP contribution >= 0.6 is 0 Å². The summed E-state index contributed by atoms with van der Waals surface area (Å²) in [6.45, 7) is 2.16. The Labute approximate surface area is 201 Å². The van der Waals surface area contributed by atoms with Gasteiger partial charge in [-0.3, -0.25) is 14.5 Å². The number of aliphatic hydroxyl groups is 1. The molecular weight excluding hydrogens is 451 g/mol. The van der Waals surface area contributed by atoms with Gasteiger partial charge in [-0.2, -0.15) is 5.26 Å². The summed E-state index contributed by atoms with van der Waals surface area (Å²) in [5.41, 5.74) is 1.27. The summed E-state index contributed by atoms with van der Waals surface area (Å²) < 4.78 is 24.5. The molecule has 3 aromatic carbocycles. The van der Waals surface area contributed by atoms with E-state index in [0.717, 1.165) is 12.1 Å². The molecule has 7 nitrogen and oxygen atoms in total. The minimum absolute atomic E-state index is 0.154. The topological polar surface area (TPSA) is 99.9 Å². The molecule has 0 radical (unpaired) electrons. The van der Waals surface area contributed by atoms with Gasteiger partial charge in [0, 0.05) is 11.3 Å². The molecule has 0 aliphatic carbocycles. The number of amides is 1. The Morgan fingerprint density at radius 1 is 1.06 bits per heavy atom. The normalized spacial score (nSPS) is 16.7. The molecule has 176 valence electrons. The number of nitrogens with zero attached hydrogens (tertiary/aromatic N) is 2. The fourth-order valence-electron chi connectivity index (χ4n) is 4.01. The Morgan fingerprint density at radius 2 is 1.74 bits per heavy atom. The van der Waals surface area contributed by atoms with Crippen LogP contribution in [0.1, 0.15) is 29.7 Å². The monoisotopic (exact) mass is 472 g/mol. The van der Waals surface area contributed by atoms with Gasteiger partial charge in [-0.1, -0.05) is 6.07 Å². The van der Waals surface area contributed by atoms with Crippen molar-refractivity contribution in [2.45, 2.75) is 13.0 Å². The second-order valence-electron chi connectivity index (χ2n) is 7.68. The van der Waals surface area contributed by atoms with Crippen LogP contribution in [-0.2, 0) is 9.59 Å². The summed E-state index contributed by atoms with van der Waals surface area (Å²) in [6.07, 6.45) is 0. The van der Waals surface area contributed by atoms with Gasteiger partial charge in [0.15, 0.2) is 11.5 Å². The second kappa shape index (κ2) is 9.69. The summed E-state index contributed by atoms with van der Waals surface area (Å²) in [6, 6.07) is 17.1.